The quantitative estimate of drug-likeness (QED) is 0.374. The second-order valence-electron chi connectivity index (χ2n) is 9.54. The molecule has 7 nitrogen and oxygen atoms in total. The predicted molar refractivity (Wildman–Crippen MR) is 126 cm³/mol. The Kier molecular flexibility index (Phi) is 7.44. The zero-order valence-electron chi connectivity index (χ0n) is 19.8. The lowest BCUT2D eigenvalue weighted by Crippen LogP contribution is -2.40. The van der Waals surface area contributed by atoms with Crippen molar-refractivity contribution in [3.63, 3.8) is 0 Å². The van der Waals surface area contributed by atoms with Gasteiger partial charge < -0.3 is 4.74 Å². The Morgan fingerprint density at radius 2 is 2.15 bits per heavy atom. The molecule has 1 aliphatic carbocycles. The van der Waals surface area contributed by atoms with Crippen LogP contribution in [0, 0.1) is 17.7 Å². The van der Waals surface area contributed by atoms with Crippen molar-refractivity contribution in [3.05, 3.63) is 54.1 Å². The van der Waals surface area contributed by atoms with Gasteiger partial charge in [0.05, 0.1) is 25.0 Å². The second kappa shape index (κ2) is 10.5. The van der Waals surface area contributed by atoms with Crippen molar-refractivity contribution in [1.29, 1.82) is 0 Å². The first-order valence-corrected chi connectivity index (χ1v) is 12.2. The standard InChI is InChI=1S/C26H33FN4O3/c1-3-26(4-2,20-11-12-22(27)23(14-20)34-16-18-8-9-18)17-31-21(15-28-30-31)7-5-6-19-10-13-24(32)29-25(19)33/h3,11-12,14-15,18-19H,1,4-10,13,16-17H2,2H3,(H,29,32,33). The maximum atomic E-state index is 14.4. The van der Waals surface area contributed by atoms with Crippen molar-refractivity contribution in [3.8, 4) is 5.75 Å². The van der Waals surface area contributed by atoms with Gasteiger partial charge in [-0.2, -0.15) is 0 Å². The minimum absolute atomic E-state index is 0.127. The van der Waals surface area contributed by atoms with E-state index in [1.165, 1.54) is 6.07 Å². The molecule has 1 aromatic heterocycles. The maximum Gasteiger partial charge on any atom is 0.229 e. The largest absolute Gasteiger partial charge is 0.490 e. The number of piperidine rings is 1. The maximum absolute atomic E-state index is 14.4. The number of hydrogen-bond acceptors (Lipinski definition) is 5. The smallest absolute Gasteiger partial charge is 0.229 e. The molecule has 1 aromatic carbocycles. The minimum atomic E-state index is -0.461. The lowest BCUT2D eigenvalue weighted by Gasteiger charge is -2.31. The van der Waals surface area contributed by atoms with Crippen molar-refractivity contribution >= 4 is 11.8 Å². The van der Waals surface area contributed by atoms with Crippen LogP contribution in [0.15, 0.2) is 37.1 Å². The topological polar surface area (TPSA) is 86.1 Å². The zero-order chi connectivity index (χ0) is 24.1. The molecule has 2 aliphatic rings. The second-order valence-corrected chi connectivity index (χ2v) is 9.54. The van der Waals surface area contributed by atoms with Gasteiger partial charge in [-0.15, -0.1) is 11.7 Å². The molecule has 1 N–H and O–H groups in total. The molecule has 2 fully saturated rings. The molecule has 0 bridgehead atoms. The Labute approximate surface area is 199 Å². The number of nitrogens with zero attached hydrogens (tertiary/aromatic N) is 3. The summed E-state index contributed by atoms with van der Waals surface area (Å²) in [6, 6.07) is 5.06. The number of amides is 2. The fourth-order valence-corrected chi connectivity index (χ4v) is 4.57. The summed E-state index contributed by atoms with van der Waals surface area (Å²) < 4.78 is 22.0. The molecule has 8 heteroatoms. The number of imide groups is 1. The van der Waals surface area contributed by atoms with Gasteiger partial charge in [0.25, 0.3) is 0 Å². The number of aromatic nitrogens is 3. The molecule has 2 heterocycles. The molecule has 34 heavy (non-hydrogen) atoms. The minimum Gasteiger partial charge on any atom is -0.490 e. The van der Waals surface area contributed by atoms with E-state index < -0.39 is 5.41 Å². The number of ether oxygens (including phenoxy) is 1. The number of benzene rings is 1. The fourth-order valence-electron chi connectivity index (χ4n) is 4.57. The molecule has 2 atom stereocenters. The van der Waals surface area contributed by atoms with Crippen molar-refractivity contribution in [2.24, 2.45) is 11.8 Å². The Hall–Kier alpha value is -3.03. The van der Waals surface area contributed by atoms with Crippen LogP contribution in [0.2, 0.25) is 0 Å². The van der Waals surface area contributed by atoms with E-state index in [0.29, 0.717) is 38.3 Å². The summed E-state index contributed by atoms with van der Waals surface area (Å²) >= 11 is 0. The van der Waals surface area contributed by atoms with Gasteiger partial charge in [0.1, 0.15) is 0 Å². The third-order valence-corrected chi connectivity index (χ3v) is 7.17. The molecule has 0 radical (unpaired) electrons. The van der Waals surface area contributed by atoms with Crippen LogP contribution in [0.3, 0.4) is 0 Å². The van der Waals surface area contributed by atoms with Crippen LogP contribution in [0.4, 0.5) is 4.39 Å². The molecule has 0 spiro atoms. The van der Waals surface area contributed by atoms with E-state index in [2.05, 4.69) is 29.1 Å². The summed E-state index contributed by atoms with van der Waals surface area (Å²) in [7, 11) is 0. The highest BCUT2D eigenvalue weighted by molar-refractivity contribution is 5.98. The van der Waals surface area contributed by atoms with Crippen LogP contribution >= 0.6 is 0 Å². The molecule has 2 aromatic rings. The predicted octanol–water partition coefficient (Wildman–Crippen LogP) is 4.12. The lowest BCUT2D eigenvalue weighted by molar-refractivity contribution is -0.136. The van der Waals surface area contributed by atoms with E-state index in [1.54, 1.807) is 18.3 Å². The van der Waals surface area contributed by atoms with Gasteiger partial charge in [-0.1, -0.05) is 24.3 Å². The Morgan fingerprint density at radius 3 is 2.85 bits per heavy atom. The average Bonchev–Trinajstić information content (AvgIpc) is 3.56. The summed E-state index contributed by atoms with van der Waals surface area (Å²) in [6.07, 6.45) is 9.93. The lowest BCUT2D eigenvalue weighted by atomic mass is 9.78. The molecule has 1 aliphatic heterocycles. The van der Waals surface area contributed by atoms with Crippen LogP contribution in [-0.4, -0.2) is 33.4 Å². The highest BCUT2D eigenvalue weighted by Gasteiger charge is 2.31. The number of aryl methyl sites for hydroxylation is 1. The highest BCUT2D eigenvalue weighted by atomic mass is 19.1. The van der Waals surface area contributed by atoms with Gasteiger partial charge in [0.15, 0.2) is 11.6 Å². The summed E-state index contributed by atoms with van der Waals surface area (Å²) in [5.74, 6) is -0.0173. The number of carbonyl (C=O) groups excluding carboxylic acids is 2. The van der Waals surface area contributed by atoms with Gasteiger partial charge in [-0.25, -0.2) is 9.07 Å². The van der Waals surface area contributed by atoms with Gasteiger partial charge in [0.2, 0.25) is 11.8 Å². The Bertz CT molecular complexity index is 1050. The van der Waals surface area contributed by atoms with Gasteiger partial charge in [0, 0.05) is 17.8 Å². The molecular weight excluding hydrogens is 435 g/mol. The van der Waals surface area contributed by atoms with Crippen molar-refractivity contribution in [1.82, 2.24) is 20.3 Å². The van der Waals surface area contributed by atoms with Gasteiger partial charge in [-0.05, 0) is 68.6 Å². The monoisotopic (exact) mass is 468 g/mol. The molecule has 2 amide bonds. The summed E-state index contributed by atoms with van der Waals surface area (Å²) in [5.41, 5.74) is 1.44. The Morgan fingerprint density at radius 1 is 1.32 bits per heavy atom. The van der Waals surface area contributed by atoms with Crippen LogP contribution in [0.1, 0.15) is 63.1 Å². The summed E-state index contributed by atoms with van der Waals surface area (Å²) in [4.78, 5) is 23.4. The van der Waals surface area contributed by atoms with Crippen molar-refractivity contribution < 1.29 is 18.7 Å². The first-order chi connectivity index (χ1) is 16.4. The van der Waals surface area contributed by atoms with Crippen LogP contribution in [0.25, 0.3) is 0 Å². The first-order valence-electron chi connectivity index (χ1n) is 12.2. The van der Waals surface area contributed by atoms with E-state index in [0.717, 1.165) is 43.4 Å². The third-order valence-electron chi connectivity index (χ3n) is 7.17. The normalized spacial score (nSPS) is 20.0. The van der Waals surface area contributed by atoms with Crippen LogP contribution in [-0.2, 0) is 28.0 Å². The van der Waals surface area contributed by atoms with Crippen molar-refractivity contribution in [2.75, 3.05) is 6.61 Å². The number of carbonyl (C=O) groups is 2. The molecular formula is C26H33FN4O3. The molecule has 2 unspecified atom stereocenters. The molecule has 1 saturated carbocycles. The number of nitrogens with one attached hydrogen (secondary N) is 1. The zero-order valence-corrected chi connectivity index (χ0v) is 19.8. The van der Waals surface area contributed by atoms with E-state index in [-0.39, 0.29) is 29.3 Å². The van der Waals surface area contributed by atoms with E-state index in [4.69, 9.17) is 4.74 Å². The SMILES string of the molecule is C=CC(CC)(Cn1nncc1CCCC1CCC(=O)NC1=O)c1ccc(F)c(OCC2CC2)c1. The van der Waals surface area contributed by atoms with Crippen LogP contribution < -0.4 is 10.1 Å². The number of allylic oxidation sites excluding steroid dienone is 1. The highest BCUT2D eigenvalue weighted by Crippen LogP contribution is 2.36. The number of hydrogen-bond donors (Lipinski definition) is 1. The van der Waals surface area contributed by atoms with E-state index in [9.17, 15) is 14.0 Å². The number of rotatable bonds is 12. The average molecular weight is 469 g/mol. The van der Waals surface area contributed by atoms with Gasteiger partial charge >= 0.3 is 0 Å². The van der Waals surface area contributed by atoms with Gasteiger partial charge in [-0.3, -0.25) is 14.9 Å². The van der Waals surface area contributed by atoms with E-state index in [1.807, 2.05) is 10.8 Å². The van der Waals surface area contributed by atoms with Crippen molar-refractivity contribution in [2.45, 2.75) is 70.3 Å². The molecule has 4 rings (SSSR count). The van der Waals surface area contributed by atoms with Crippen LogP contribution in [0.5, 0.6) is 5.75 Å². The molecule has 182 valence electrons. The number of halogens is 1. The summed E-state index contributed by atoms with van der Waals surface area (Å²) in [6.45, 7) is 7.25. The first kappa shape index (κ1) is 24.1. The Balaban J connectivity index is 1.44. The van der Waals surface area contributed by atoms with E-state index >= 15 is 0 Å². The fraction of sp³-hybridized carbons (Fsp3) is 0.538. The molecule has 1 saturated heterocycles. The third kappa shape index (κ3) is 5.54. The summed E-state index contributed by atoms with van der Waals surface area (Å²) in [5, 5.41) is 10.8.